The van der Waals surface area contributed by atoms with Gasteiger partial charge in [-0.2, -0.15) is 4.98 Å². The van der Waals surface area contributed by atoms with Gasteiger partial charge in [0.2, 0.25) is 11.8 Å². The maximum atomic E-state index is 5.92. The molecular weight excluding hydrogens is 262 g/mol. The van der Waals surface area contributed by atoms with Crippen molar-refractivity contribution in [2.45, 2.75) is 45.1 Å². The van der Waals surface area contributed by atoms with Crippen LogP contribution in [-0.4, -0.2) is 35.0 Å². The van der Waals surface area contributed by atoms with Crippen molar-refractivity contribution in [1.29, 1.82) is 0 Å². The van der Waals surface area contributed by atoms with Gasteiger partial charge in [-0.05, 0) is 19.3 Å². The second-order valence-corrected chi connectivity index (χ2v) is 5.24. The Bertz CT molecular complexity index is 383. The predicted molar refractivity (Wildman–Crippen MR) is 78.1 cm³/mol. The second-order valence-electron chi connectivity index (χ2n) is 4.86. The topological polar surface area (TPSA) is 38.2 Å². The zero-order chi connectivity index (χ0) is 13.5. The van der Waals surface area contributed by atoms with E-state index in [1.54, 1.807) is 6.20 Å². The number of nitrogens with zero attached hydrogens (tertiary/aromatic N) is 3. The standard InChI is InChI=1S/C14H22ClN3O/c1-2-11-19-13-7-9-16-14(17-13)18(10-8-15)12-5-3-4-6-12/h7,9,12H,2-6,8,10-11H2,1H3. The third-order valence-corrected chi connectivity index (χ3v) is 3.59. The third kappa shape index (κ3) is 3.96. The minimum Gasteiger partial charge on any atom is -0.478 e. The molecule has 1 aromatic rings. The number of hydrogen-bond donors (Lipinski definition) is 0. The number of rotatable bonds is 7. The molecule has 0 saturated heterocycles. The molecule has 0 N–H and O–H groups in total. The van der Waals surface area contributed by atoms with Crippen LogP contribution < -0.4 is 9.64 Å². The summed E-state index contributed by atoms with van der Waals surface area (Å²) in [5.41, 5.74) is 0. The summed E-state index contributed by atoms with van der Waals surface area (Å²) >= 11 is 5.92. The van der Waals surface area contributed by atoms with Crippen LogP contribution in [0, 0.1) is 0 Å². The number of anilines is 1. The molecule has 0 atom stereocenters. The quantitative estimate of drug-likeness (QED) is 0.720. The van der Waals surface area contributed by atoms with Gasteiger partial charge in [0, 0.05) is 30.7 Å². The summed E-state index contributed by atoms with van der Waals surface area (Å²) in [5.74, 6) is 2.01. The van der Waals surface area contributed by atoms with Crippen molar-refractivity contribution in [3.8, 4) is 5.88 Å². The first kappa shape index (κ1) is 14.4. The van der Waals surface area contributed by atoms with Gasteiger partial charge >= 0.3 is 0 Å². The van der Waals surface area contributed by atoms with Crippen molar-refractivity contribution in [1.82, 2.24) is 9.97 Å². The van der Waals surface area contributed by atoms with E-state index < -0.39 is 0 Å². The Morgan fingerprint density at radius 2 is 2.21 bits per heavy atom. The largest absolute Gasteiger partial charge is 0.478 e. The maximum Gasteiger partial charge on any atom is 0.228 e. The summed E-state index contributed by atoms with van der Waals surface area (Å²) in [4.78, 5) is 11.1. The molecule has 1 fully saturated rings. The third-order valence-electron chi connectivity index (χ3n) is 3.42. The zero-order valence-corrected chi connectivity index (χ0v) is 12.3. The van der Waals surface area contributed by atoms with E-state index in [-0.39, 0.29) is 0 Å². The minimum atomic E-state index is 0.528. The van der Waals surface area contributed by atoms with Gasteiger partial charge in [-0.15, -0.1) is 11.6 Å². The molecule has 5 heteroatoms. The molecule has 4 nitrogen and oxygen atoms in total. The zero-order valence-electron chi connectivity index (χ0n) is 11.5. The van der Waals surface area contributed by atoms with Gasteiger partial charge < -0.3 is 9.64 Å². The van der Waals surface area contributed by atoms with E-state index in [4.69, 9.17) is 16.3 Å². The van der Waals surface area contributed by atoms with Crippen molar-refractivity contribution in [3.05, 3.63) is 12.3 Å². The Morgan fingerprint density at radius 1 is 1.42 bits per heavy atom. The predicted octanol–water partition coefficient (Wildman–Crippen LogP) is 3.25. The Morgan fingerprint density at radius 3 is 2.89 bits per heavy atom. The van der Waals surface area contributed by atoms with E-state index in [1.807, 2.05) is 6.07 Å². The van der Waals surface area contributed by atoms with E-state index in [0.29, 0.717) is 24.4 Å². The molecule has 1 heterocycles. The molecule has 0 unspecified atom stereocenters. The van der Waals surface area contributed by atoms with E-state index in [9.17, 15) is 0 Å². The van der Waals surface area contributed by atoms with Crippen molar-refractivity contribution < 1.29 is 4.74 Å². The highest BCUT2D eigenvalue weighted by molar-refractivity contribution is 6.18. The molecule has 0 radical (unpaired) electrons. The molecule has 0 aliphatic heterocycles. The second kappa shape index (κ2) is 7.53. The fourth-order valence-corrected chi connectivity index (χ4v) is 2.69. The summed E-state index contributed by atoms with van der Waals surface area (Å²) in [6.07, 6.45) is 7.74. The van der Waals surface area contributed by atoms with E-state index >= 15 is 0 Å². The highest BCUT2D eigenvalue weighted by Crippen LogP contribution is 2.26. The molecule has 1 aliphatic carbocycles. The molecular formula is C14H22ClN3O. The number of halogens is 1. The molecule has 0 amide bonds. The smallest absolute Gasteiger partial charge is 0.228 e. The van der Waals surface area contributed by atoms with Crippen LogP contribution in [0.3, 0.4) is 0 Å². The lowest BCUT2D eigenvalue weighted by molar-refractivity contribution is 0.304. The van der Waals surface area contributed by atoms with Gasteiger partial charge in [0.1, 0.15) is 0 Å². The van der Waals surface area contributed by atoms with Crippen LogP contribution in [0.5, 0.6) is 5.88 Å². The lowest BCUT2D eigenvalue weighted by Gasteiger charge is -2.28. The van der Waals surface area contributed by atoms with Gasteiger partial charge in [0.15, 0.2) is 0 Å². The first-order chi connectivity index (χ1) is 9.35. The summed E-state index contributed by atoms with van der Waals surface area (Å²) in [7, 11) is 0. The van der Waals surface area contributed by atoms with E-state index in [2.05, 4.69) is 21.8 Å². The van der Waals surface area contributed by atoms with Gasteiger partial charge in [0.05, 0.1) is 6.61 Å². The lowest BCUT2D eigenvalue weighted by Crippen LogP contribution is -2.36. The Kier molecular flexibility index (Phi) is 5.70. The average Bonchev–Trinajstić information content (AvgIpc) is 2.96. The van der Waals surface area contributed by atoms with Crippen LogP contribution in [0.25, 0.3) is 0 Å². The molecule has 0 bridgehead atoms. The van der Waals surface area contributed by atoms with Gasteiger partial charge in [0.25, 0.3) is 0 Å². The molecule has 1 aromatic heterocycles. The first-order valence-electron chi connectivity index (χ1n) is 7.13. The summed E-state index contributed by atoms with van der Waals surface area (Å²) in [6.45, 7) is 3.57. The SMILES string of the molecule is CCCOc1ccnc(N(CCCl)C2CCCC2)n1. The van der Waals surface area contributed by atoms with E-state index in [0.717, 1.165) is 18.9 Å². The van der Waals surface area contributed by atoms with Crippen LogP contribution in [0.15, 0.2) is 12.3 Å². The minimum absolute atomic E-state index is 0.528. The Hall–Kier alpha value is -1.03. The molecule has 1 saturated carbocycles. The summed E-state index contributed by atoms with van der Waals surface area (Å²) < 4.78 is 5.58. The van der Waals surface area contributed by atoms with Gasteiger partial charge in [-0.25, -0.2) is 4.98 Å². The molecule has 19 heavy (non-hydrogen) atoms. The number of hydrogen-bond acceptors (Lipinski definition) is 4. The summed E-state index contributed by atoms with van der Waals surface area (Å²) in [6, 6.07) is 2.34. The van der Waals surface area contributed by atoms with Crippen LogP contribution in [0.4, 0.5) is 5.95 Å². The highest BCUT2D eigenvalue weighted by atomic mass is 35.5. The average molecular weight is 284 g/mol. The fraction of sp³-hybridized carbons (Fsp3) is 0.714. The molecule has 106 valence electrons. The van der Waals surface area contributed by atoms with Crippen molar-refractivity contribution in [2.24, 2.45) is 0 Å². The van der Waals surface area contributed by atoms with Gasteiger partial charge in [-0.1, -0.05) is 19.8 Å². The van der Waals surface area contributed by atoms with Crippen LogP contribution in [-0.2, 0) is 0 Å². The Labute approximate surface area is 120 Å². The van der Waals surface area contributed by atoms with Crippen molar-refractivity contribution in [3.63, 3.8) is 0 Å². The highest BCUT2D eigenvalue weighted by Gasteiger charge is 2.24. The van der Waals surface area contributed by atoms with E-state index in [1.165, 1.54) is 25.7 Å². The first-order valence-corrected chi connectivity index (χ1v) is 7.67. The molecule has 0 aromatic carbocycles. The monoisotopic (exact) mass is 283 g/mol. The molecule has 2 rings (SSSR count). The van der Waals surface area contributed by atoms with Crippen molar-refractivity contribution in [2.75, 3.05) is 23.9 Å². The normalized spacial score (nSPS) is 15.7. The fourth-order valence-electron chi connectivity index (χ4n) is 2.51. The van der Waals surface area contributed by atoms with Crippen molar-refractivity contribution >= 4 is 17.5 Å². The maximum absolute atomic E-state index is 5.92. The number of aromatic nitrogens is 2. The lowest BCUT2D eigenvalue weighted by atomic mass is 10.2. The molecule has 0 spiro atoms. The Balaban J connectivity index is 2.11. The molecule has 1 aliphatic rings. The summed E-state index contributed by atoms with van der Waals surface area (Å²) in [5, 5.41) is 0. The van der Waals surface area contributed by atoms with Crippen LogP contribution in [0.2, 0.25) is 0 Å². The van der Waals surface area contributed by atoms with Gasteiger partial charge in [-0.3, -0.25) is 0 Å². The van der Waals surface area contributed by atoms with Crippen LogP contribution >= 0.6 is 11.6 Å². The number of alkyl halides is 1. The number of ether oxygens (including phenoxy) is 1. The van der Waals surface area contributed by atoms with Crippen LogP contribution in [0.1, 0.15) is 39.0 Å².